The summed E-state index contributed by atoms with van der Waals surface area (Å²) in [5, 5.41) is 9.03. The van der Waals surface area contributed by atoms with Gasteiger partial charge in [0.25, 0.3) is 0 Å². The Kier molecular flexibility index (Phi) is 5.21. The first-order chi connectivity index (χ1) is 10.2. The third-order valence-corrected chi connectivity index (χ3v) is 2.95. The largest absolute Gasteiger partial charge is 0.493 e. The molecule has 0 aliphatic heterocycles. The highest BCUT2D eigenvalue weighted by Gasteiger charge is 2.09. The van der Waals surface area contributed by atoms with Crippen molar-refractivity contribution >= 4 is 5.97 Å². The maximum absolute atomic E-state index is 11.0. The van der Waals surface area contributed by atoms with Crippen LogP contribution in [0.5, 0.6) is 11.5 Å². The Hall–Kier alpha value is -2.49. The van der Waals surface area contributed by atoms with Gasteiger partial charge in [0.1, 0.15) is 17.1 Å². The zero-order chi connectivity index (χ0) is 15.1. The molecule has 0 bridgehead atoms. The SMILES string of the molecule is Cc1ccc(OCCCOc2ccccc2C(=O)O)cc1. The zero-order valence-corrected chi connectivity index (χ0v) is 11.9. The summed E-state index contributed by atoms with van der Waals surface area (Å²) in [5.74, 6) is 0.230. The van der Waals surface area contributed by atoms with Crippen LogP contribution >= 0.6 is 0 Å². The zero-order valence-electron chi connectivity index (χ0n) is 11.9. The van der Waals surface area contributed by atoms with E-state index in [9.17, 15) is 4.79 Å². The first-order valence-electron chi connectivity index (χ1n) is 6.81. The molecule has 0 amide bonds. The van der Waals surface area contributed by atoms with Gasteiger partial charge in [0.15, 0.2) is 0 Å². The van der Waals surface area contributed by atoms with E-state index in [1.54, 1.807) is 18.2 Å². The minimum absolute atomic E-state index is 0.178. The van der Waals surface area contributed by atoms with Gasteiger partial charge in [-0.1, -0.05) is 29.8 Å². The molecule has 2 rings (SSSR count). The highest BCUT2D eigenvalue weighted by atomic mass is 16.5. The molecule has 0 fully saturated rings. The average Bonchev–Trinajstić information content (AvgIpc) is 2.49. The van der Waals surface area contributed by atoms with Crippen LogP contribution in [-0.4, -0.2) is 24.3 Å². The Bertz CT molecular complexity index is 590. The van der Waals surface area contributed by atoms with Crippen molar-refractivity contribution in [2.24, 2.45) is 0 Å². The number of hydrogen-bond acceptors (Lipinski definition) is 3. The molecule has 110 valence electrons. The van der Waals surface area contributed by atoms with Crippen LogP contribution in [0.2, 0.25) is 0 Å². The lowest BCUT2D eigenvalue weighted by molar-refractivity contribution is 0.0692. The van der Waals surface area contributed by atoms with Gasteiger partial charge in [-0.15, -0.1) is 0 Å². The van der Waals surface area contributed by atoms with Gasteiger partial charge in [-0.05, 0) is 31.2 Å². The number of carboxylic acid groups (broad SMARTS) is 1. The monoisotopic (exact) mass is 286 g/mol. The van der Waals surface area contributed by atoms with Crippen molar-refractivity contribution < 1.29 is 19.4 Å². The van der Waals surface area contributed by atoms with E-state index in [4.69, 9.17) is 14.6 Å². The van der Waals surface area contributed by atoms with Gasteiger partial charge in [-0.2, -0.15) is 0 Å². The summed E-state index contributed by atoms with van der Waals surface area (Å²) in [6.45, 7) is 2.96. The minimum Gasteiger partial charge on any atom is -0.493 e. The standard InChI is InChI=1S/C17H18O4/c1-13-7-9-14(10-8-13)20-11-4-12-21-16-6-3-2-5-15(16)17(18)19/h2-3,5-10H,4,11-12H2,1H3,(H,18,19). The molecule has 0 aliphatic carbocycles. The average molecular weight is 286 g/mol. The predicted octanol–water partition coefficient (Wildman–Crippen LogP) is 3.54. The fourth-order valence-electron chi connectivity index (χ4n) is 1.83. The van der Waals surface area contributed by atoms with Crippen LogP contribution in [0.4, 0.5) is 0 Å². The van der Waals surface area contributed by atoms with Crippen LogP contribution < -0.4 is 9.47 Å². The quantitative estimate of drug-likeness (QED) is 0.791. The molecule has 1 N–H and O–H groups in total. The summed E-state index contributed by atoms with van der Waals surface area (Å²) in [6, 6.07) is 14.5. The molecule has 0 unspecified atom stereocenters. The van der Waals surface area contributed by atoms with Crippen molar-refractivity contribution in [3.05, 3.63) is 59.7 Å². The molecule has 0 aromatic heterocycles. The lowest BCUT2D eigenvalue weighted by atomic mass is 10.2. The lowest BCUT2D eigenvalue weighted by Gasteiger charge is -2.10. The van der Waals surface area contributed by atoms with Crippen LogP contribution in [0.25, 0.3) is 0 Å². The third kappa shape index (κ3) is 4.53. The Morgan fingerprint density at radius 2 is 1.67 bits per heavy atom. The molecule has 2 aromatic carbocycles. The normalized spacial score (nSPS) is 10.1. The van der Waals surface area contributed by atoms with E-state index in [0.717, 1.165) is 5.75 Å². The number of rotatable bonds is 7. The van der Waals surface area contributed by atoms with E-state index in [-0.39, 0.29) is 5.56 Å². The van der Waals surface area contributed by atoms with Crippen molar-refractivity contribution in [3.63, 3.8) is 0 Å². The van der Waals surface area contributed by atoms with Crippen molar-refractivity contribution in [1.82, 2.24) is 0 Å². The highest BCUT2D eigenvalue weighted by Crippen LogP contribution is 2.18. The smallest absolute Gasteiger partial charge is 0.339 e. The van der Waals surface area contributed by atoms with E-state index < -0.39 is 5.97 Å². The third-order valence-electron chi connectivity index (χ3n) is 2.95. The number of hydrogen-bond donors (Lipinski definition) is 1. The van der Waals surface area contributed by atoms with Crippen LogP contribution in [-0.2, 0) is 0 Å². The summed E-state index contributed by atoms with van der Waals surface area (Å²) >= 11 is 0. The van der Waals surface area contributed by atoms with Gasteiger partial charge >= 0.3 is 5.97 Å². The molecule has 0 spiro atoms. The second-order valence-electron chi connectivity index (χ2n) is 4.66. The van der Waals surface area contributed by atoms with Crippen LogP contribution in [0.15, 0.2) is 48.5 Å². The van der Waals surface area contributed by atoms with Gasteiger partial charge in [0.05, 0.1) is 13.2 Å². The number of aromatic carboxylic acids is 1. The second kappa shape index (κ2) is 7.33. The summed E-state index contributed by atoms with van der Waals surface area (Å²) in [6.07, 6.45) is 0.682. The molecular formula is C17H18O4. The van der Waals surface area contributed by atoms with Crippen LogP contribution in [0, 0.1) is 6.92 Å². The molecule has 0 heterocycles. The summed E-state index contributed by atoms with van der Waals surface area (Å²) in [7, 11) is 0. The molecule has 2 aromatic rings. The lowest BCUT2D eigenvalue weighted by Crippen LogP contribution is -2.07. The maximum atomic E-state index is 11.0. The number of benzene rings is 2. The molecule has 21 heavy (non-hydrogen) atoms. The summed E-state index contributed by atoms with van der Waals surface area (Å²) in [5.41, 5.74) is 1.37. The number of carboxylic acids is 1. The Labute approximate surface area is 123 Å². The number of carbonyl (C=O) groups is 1. The summed E-state index contributed by atoms with van der Waals surface area (Å²) < 4.78 is 11.1. The molecule has 0 radical (unpaired) electrons. The van der Waals surface area contributed by atoms with E-state index in [0.29, 0.717) is 25.4 Å². The molecule has 0 atom stereocenters. The molecule has 4 nitrogen and oxygen atoms in total. The second-order valence-corrected chi connectivity index (χ2v) is 4.66. The fraction of sp³-hybridized carbons (Fsp3) is 0.235. The van der Waals surface area contributed by atoms with Crippen molar-refractivity contribution in [2.75, 3.05) is 13.2 Å². The highest BCUT2D eigenvalue weighted by molar-refractivity contribution is 5.90. The van der Waals surface area contributed by atoms with E-state index in [1.165, 1.54) is 11.6 Å². The number of para-hydroxylation sites is 1. The maximum Gasteiger partial charge on any atom is 0.339 e. The van der Waals surface area contributed by atoms with E-state index in [2.05, 4.69) is 0 Å². The van der Waals surface area contributed by atoms with Crippen molar-refractivity contribution in [3.8, 4) is 11.5 Å². The predicted molar refractivity (Wildman–Crippen MR) is 80.2 cm³/mol. The van der Waals surface area contributed by atoms with Crippen molar-refractivity contribution in [2.45, 2.75) is 13.3 Å². The van der Waals surface area contributed by atoms with Gasteiger partial charge in [0.2, 0.25) is 0 Å². The molecule has 0 aliphatic rings. The molecular weight excluding hydrogens is 268 g/mol. The Balaban J connectivity index is 1.75. The Morgan fingerprint density at radius 1 is 1.00 bits per heavy atom. The van der Waals surface area contributed by atoms with Gasteiger partial charge in [-0.25, -0.2) is 4.79 Å². The van der Waals surface area contributed by atoms with Crippen LogP contribution in [0.1, 0.15) is 22.3 Å². The van der Waals surface area contributed by atoms with Crippen molar-refractivity contribution in [1.29, 1.82) is 0 Å². The number of aryl methyl sites for hydroxylation is 1. The van der Waals surface area contributed by atoms with Crippen LogP contribution in [0.3, 0.4) is 0 Å². The van der Waals surface area contributed by atoms with E-state index in [1.807, 2.05) is 31.2 Å². The Morgan fingerprint density at radius 3 is 2.38 bits per heavy atom. The first kappa shape index (κ1) is 14.9. The minimum atomic E-state index is -0.985. The molecule has 0 saturated carbocycles. The summed E-state index contributed by atoms with van der Waals surface area (Å²) in [4.78, 5) is 11.0. The fourth-order valence-corrected chi connectivity index (χ4v) is 1.83. The first-order valence-corrected chi connectivity index (χ1v) is 6.81. The number of ether oxygens (including phenoxy) is 2. The van der Waals surface area contributed by atoms with Gasteiger partial charge in [0, 0.05) is 6.42 Å². The molecule has 4 heteroatoms. The van der Waals surface area contributed by atoms with E-state index >= 15 is 0 Å². The van der Waals surface area contributed by atoms with Gasteiger partial charge < -0.3 is 14.6 Å². The topological polar surface area (TPSA) is 55.8 Å². The molecule has 0 saturated heterocycles. The van der Waals surface area contributed by atoms with Gasteiger partial charge in [-0.3, -0.25) is 0 Å².